The van der Waals surface area contributed by atoms with Crippen LogP contribution in [0.1, 0.15) is 35.2 Å². The summed E-state index contributed by atoms with van der Waals surface area (Å²) in [6.45, 7) is 0.759. The molecule has 1 heterocycles. The van der Waals surface area contributed by atoms with E-state index in [2.05, 4.69) is 0 Å². The van der Waals surface area contributed by atoms with Gasteiger partial charge in [0.2, 0.25) is 0 Å². The third kappa shape index (κ3) is 4.45. The highest BCUT2D eigenvalue weighted by atomic mass is 32.2. The van der Waals surface area contributed by atoms with Crippen LogP contribution in [0.4, 0.5) is 5.69 Å². The molecule has 2 aromatic rings. The van der Waals surface area contributed by atoms with Gasteiger partial charge in [-0.25, -0.2) is 8.42 Å². The van der Waals surface area contributed by atoms with Gasteiger partial charge in [0.1, 0.15) is 0 Å². The highest BCUT2D eigenvalue weighted by molar-refractivity contribution is 7.92. The van der Waals surface area contributed by atoms with Crippen LogP contribution in [0, 0.1) is 22.7 Å². The zero-order chi connectivity index (χ0) is 21.6. The van der Waals surface area contributed by atoms with Gasteiger partial charge in [-0.1, -0.05) is 24.3 Å². The molecule has 3 rings (SSSR count). The summed E-state index contributed by atoms with van der Waals surface area (Å²) in [6.07, 6.45) is 1.83. The molecule has 1 aliphatic heterocycles. The van der Waals surface area contributed by atoms with Gasteiger partial charge in [0.05, 0.1) is 35.6 Å². The molecule has 0 saturated heterocycles. The lowest BCUT2D eigenvalue weighted by Crippen LogP contribution is -2.36. The van der Waals surface area contributed by atoms with E-state index in [4.69, 9.17) is 10.5 Å². The lowest BCUT2D eigenvalue weighted by Gasteiger charge is -2.30. The Labute approximate surface area is 176 Å². The fourth-order valence-corrected chi connectivity index (χ4v) is 5.12. The maximum absolute atomic E-state index is 13.4. The summed E-state index contributed by atoms with van der Waals surface area (Å²) in [6, 6.07) is 17.4. The average Bonchev–Trinajstić information content (AvgIpc) is 2.78. The van der Waals surface area contributed by atoms with E-state index < -0.39 is 15.9 Å². The number of amides is 1. The number of carbonyl (C=O) groups excluding carboxylic acids is 1. The lowest BCUT2D eigenvalue weighted by molar-refractivity contribution is 0.0762. The van der Waals surface area contributed by atoms with Crippen molar-refractivity contribution in [1.29, 1.82) is 10.5 Å². The number of carbonyl (C=O) groups is 1. The van der Waals surface area contributed by atoms with Crippen molar-refractivity contribution in [2.24, 2.45) is 0 Å². The number of hydrogen-bond acceptors (Lipinski definition) is 5. The molecule has 0 fully saturated rings. The third-order valence-corrected chi connectivity index (χ3v) is 6.82. The SMILES string of the molecule is N#CCCN(CCC#N)C(=O)c1cccc(S(=O)(=O)N2CCCc3ccccc32)c1. The van der Waals surface area contributed by atoms with E-state index >= 15 is 0 Å². The minimum absolute atomic E-state index is 0.0468. The van der Waals surface area contributed by atoms with Gasteiger partial charge in [-0.15, -0.1) is 0 Å². The van der Waals surface area contributed by atoms with E-state index in [1.54, 1.807) is 18.2 Å². The molecule has 0 radical (unpaired) electrons. The van der Waals surface area contributed by atoms with Gasteiger partial charge in [0.25, 0.3) is 15.9 Å². The molecule has 0 aliphatic carbocycles. The number of para-hydroxylation sites is 1. The van der Waals surface area contributed by atoms with Crippen LogP contribution in [0.2, 0.25) is 0 Å². The summed E-state index contributed by atoms with van der Waals surface area (Å²) in [4.78, 5) is 14.4. The molecule has 2 aromatic carbocycles. The molecule has 154 valence electrons. The first-order valence-corrected chi connectivity index (χ1v) is 11.2. The summed E-state index contributed by atoms with van der Waals surface area (Å²) in [5.41, 5.74) is 1.88. The average molecular weight is 423 g/mol. The summed E-state index contributed by atoms with van der Waals surface area (Å²) in [5, 5.41) is 17.7. The van der Waals surface area contributed by atoms with Gasteiger partial charge in [0, 0.05) is 25.2 Å². The van der Waals surface area contributed by atoms with Gasteiger partial charge in [-0.3, -0.25) is 9.10 Å². The largest absolute Gasteiger partial charge is 0.337 e. The Morgan fingerprint density at radius 2 is 1.73 bits per heavy atom. The number of sulfonamides is 1. The molecular weight excluding hydrogens is 400 g/mol. The molecule has 0 N–H and O–H groups in total. The number of fused-ring (bicyclic) bond motifs is 1. The van der Waals surface area contributed by atoms with Crippen molar-refractivity contribution >= 4 is 21.6 Å². The van der Waals surface area contributed by atoms with E-state index in [9.17, 15) is 13.2 Å². The summed E-state index contributed by atoms with van der Waals surface area (Å²) in [5.74, 6) is -0.392. The maximum atomic E-state index is 13.4. The topological polar surface area (TPSA) is 105 Å². The molecule has 0 atom stereocenters. The van der Waals surface area contributed by atoms with Gasteiger partial charge in [0.15, 0.2) is 0 Å². The number of rotatable bonds is 7. The Morgan fingerprint density at radius 1 is 1.03 bits per heavy atom. The number of nitriles is 2. The molecule has 0 unspecified atom stereocenters. The van der Waals surface area contributed by atoms with Crippen LogP contribution in [-0.4, -0.2) is 38.9 Å². The monoisotopic (exact) mass is 422 g/mol. The minimum Gasteiger partial charge on any atom is -0.337 e. The molecule has 30 heavy (non-hydrogen) atoms. The van der Waals surface area contributed by atoms with Crippen molar-refractivity contribution in [2.75, 3.05) is 23.9 Å². The summed E-state index contributed by atoms with van der Waals surface area (Å²) in [7, 11) is -3.83. The van der Waals surface area contributed by atoms with Gasteiger partial charge < -0.3 is 4.90 Å². The standard InChI is InChI=1S/C22H22N4O3S/c23-12-5-14-25(15-6-13-24)22(27)19-8-3-10-20(17-19)30(28,29)26-16-4-9-18-7-1-2-11-21(18)26/h1-3,7-8,10-11,17H,4-6,9,14-16H2. The highest BCUT2D eigenvalue weighted by Crippen LogP contribution is 2.32. The second kappa shape index (κ2) is 9.43. The molecule has 0 spiro atoms. The van der Waals surface area contributed by atoms with Crippen LogP contribution in [-0.2, 0) is 16.4 Å². The van der Waals surface area contributed by atoms with Gasteiger partial charge in [-0.2, -0.15) is 10.5 Å². The van der Waals surface area contributed by atoms with Crippen LogP contribution in [0.3, 0.4) is 0 Å². The van der Waals surface area contributed by atoms with E-state index in [0.29, 0.717) is 12.2 Å². The minimum atomic E-state index is -3.83. The molecule has 8 heteroatoms. The first kappa shape index (κ1) is 21.4. The van der Waals surface area contributed by atoms with Crippen molar-refractivity contribution in [3.05, 3.63) is 59.7 Å². The van der Waals surface area contributed by atoms with E-state index in [-0.39, 0.29) is 36.4 Å². The Bertz CT molecular complexity index is 1100. The van der Waals surface area contributed by atoms with Crippen LogP contribution < -0.4 is 4.31 Å². The van der Waals surface area contributed by atoms with Crippen LogP contribution in [0.15, 0.2) is 53.4 Å². The predicted octanol–water partition coefficient (Wildman–Crippen LogP) is 3.10. The van der Waals surface area contributed by atoms with Crippen LogP contribution in [0.5, 0.6) is 0 Å². The van der Waals surface area contributed by atoms with Gasteiger partial charge >= 0.3 is 0 Å². The van der Waals surface area contributed by atoms with E-state index in [1.165, 1.54) is 21.3 Å². The molecular formula is C22H22N4O3S. The number of nitrogens with zero attached hydrogens (tertiary/aromatic N) is 4. The quantitative estimate of drug-likeness (QED) is 0.682. The fourth-order valence-electron chi connectivity index (χ4n) is 3.53. The van der Waals surface area contributed by atoms with Crippen molar-refractivity contribution in [3.63, 3.8) is 0 Å². The second-order valence-corrected chi connectivity index (χ2v) is 8.81. The lowest BCUT2D eigenvalue weighted by atomic mass is 10.0. The second-order valence-electron chi connectivity index (χ2n) is 6.95. The van der Waals surface area contributed by atoms with Crippen molar-refractivity contribution in [1.82, 2.24) is 4.90 Å². The molecule has 0 saturated carbocycles. The fraction of sp³-hybridized carbons (Fsp3) is 0.318. The zero-order valence-electron chi connectivity index (χ0n) is 16.5. The highest BCUT2D eigenvalue weighted by Gasteiger charge is 2.29. The number of anilines is 1. The van der Waals surface area contributed by atoms with Gasteiger partial charge in [-0.05, 0) is 42.7 Å². The van der Waals surface area contributed by atoms with E-state index in [1.807, 2.05) is 30.3 Å². The maximum Gasteiger partial charge on any atom is 0.264 e. The van der Waals surface area contributed by atoms with Crippen LogP contribution >= 0.6 is 0 Å². The zero-order valence-corrected chi connectivity index (χ0v) is 17.3. The summed E-state index contributed by atoms with van der Waals surface area (Å²) >= 11 is 0. The third-order valence-electron chi connectivity index (χ3n) is 5.01. The Kier molecular flexibility index (Phi) is 6.71. The number of aryl methyl sites for hydroxylation is 1. The Hall–Kier alpha value is -3.36. The molecule has 1 amide bonds. The first-order valence-electron chi connectivity index (χ1n) is 9.73. The van der Waals surface area contributed by atoms with Crippen molar-refractivity contribution in [3.8, 4) is 12.1 Å². The molecule has 0 bridgehead atoms. The Balaban J connectivity index is 1.92. The normalized spacial score (nSPS) is 13.1. The molecule has 0 aromatic heterocycles. The van der Waals surface area contributed by atoms with Crippen molar-refractivity contribution in [2.45, 2.75) is 30.6 Å². The smallest absolute Gasteiger partial charge is 0.264 e. The molecule has 7 nitrogen and oxygen atoms in total. The predicted molar refractivity (Wildman–Crippen MR) is 112 cm³/mol. The molecule has 1 aliphatic rings. The number of benzene rings is 2. The summed E-state index contributed by atoms with van der Waals surface area (Å²) < 4.78 is 28.1. The number of hydrogen-bond donors (Lipinski definition) is 0. The first-order chi connectivity index (χ1) is 14.5. The van der Waals surface area contributed by atoms with E-state index in [0.717, 1.165) is 18.4 Å². The Morgan fingerprint density at radius 3 is 2.43 bits per heavy atom. The van der Waals surface area contributed by atoms with Crippen molar-refractivity contribution < 1.29 is 13.2 Å². The van der Waals surface area contributed by atoms with Crippen LogP contribution in [0.25, 0.3) is 0 Å².